The Labute approximate surface area is 156 Å². The van der Waals surface area contributed by atoms with Gasteiger partial charge in [-0.15, -0.1) is 5.10 Å². The quantitative estimate of drug-likeness (QED) is 0.464. The Morgan fingerprint density at radius 1 is 0.769 bits per heavy atom. The Balaban J connectivity index is 1.77. The molecule has 0 amide bonds. The van der Waals surface area contributed by atoms with Crippen molar-refractivity contribution in [2.24, 2.45) is 0 Å². The summed E-state index contributed by atoms with van der Waals surface area (Å²) in [7, 11) is 0. The van der Waals surface area contributed by atoms with E-state index < -0.39 is 0 Å². The van der Waals surface area contributed by atoms with E-state index >= 15 is 0 Å². The zero-order valence-electron chi connectivity index (χ0n) is 14.0. The van der Waals surface area contributed by atoms with Crippen molar-refractivity contribution in [3.05, 3.63) is 95.8 Å². The molecule has 0 radical (unpaired) electrons. The monoisotopic (exact) mass is 359 g/mol. The maximum atomic E-state index is 5.83. The van der Waals surface area contributed by atoms with Crippen LogP contribution in [-0.4, -0.2) is 14.3 Å². The van der Waals surface area contributed by atoms with Gasteiger partial charge in [0, 0.05) is 11.3 Å². The minimum Gasteiger partial charge on any atom is -0.471 e. The average Bonchev–Trinajstić information content (AvgIpc) is 3.05. The fourth-order valence-electron chi connectivity index (χ4n) is 2.73. The largest absolute Gasteiger partial charge is 0.471 e. The van der Waals surface area contributed by atoms with E-state index in [0.717, 1.165) is 22.8 Å². The molecule has 0 N–H and O–H groups in total. The fraction of sp³-hybridized carbons (Fsp3) is 0.0476. The summed E-state index contributed by atoms with van der Waals surface area (Å²) >= 11 is 5.69. The third-order valence-corrected chi connectivity index (χ3v) is 4.38. The highest BCUT2D eigenvalue weighted by atomic mass is 32.1. The van der Waals surface area contributed by atoms with Gasteiger partial charge in [-0.1, -0.05) is 66.7 Å². The van der Waals surface area contributed by atoms with Crippen LogP contribution in [0.25, 0.3) is 17.1 Å². The zero-order valence-corrected chi connectivity index (χ0v) is 14.8. The second-order valence-corrected chi connectivity index (χ2v) is 6.09. The summed E-state index contributed by atoms with van der Waals surface area (Å²) in [5.74, 6) is 1.57. The van der Waals surface area contributed by atoms with E-state index in [1.807, 2.05) is 95.6 Å². The van der Waals surface area contributed by atoms with Crippen molar-refractivity contribution >= 4 is 12.2 Å². The van der Waals surface area contributed by atoms with Gasteiger partial charge in [0.2, 0.25) is 4.77 Å². The highest BCUT2D eigenvalue weighted by Gasteiger charge is 2.14. The minimum absolute atomic E-state index is 0.252. The highest BCUT2D eigenvalue weighted by Crippen LogP contribution is 2.22. The normalized spacial score (nSPS) is 10.6. The Morgan fingerprint density at radius 3 is 2.00 bits per heavy atom. The van der Waals surface area contributed by atoms with Crippen LogP contribution < -0.4 is 4.74 Å². The lowest BCUT2D eigenvalue weighted by molar-refractivity contribution is 0.219. The lowest BCUT2D eigenvalue weighted by Crippen LogP contribution is -2.07. The molecule has 1 heterocycles. The van der Waals surface area contributed by atoms with Crippen LogP contribution in [0.1, 0.15) is 0 Å². The first-order valence-electron chi connectivity index (χ1n) is 8.31. The first-order chi connectivity index (χ1) is 12.8. The maximum Gasteiger partial charge on any atom is 0.205 e. The second-order valence-electron chi connectivity index (χ2n) is 5.73. The Hall–Kier alpha value is -3.18. The van der Waals surface area contributed by atoms with Gasteiger partial charge in [-0.2, -0.15) is 0 Å². The van der Waals surface area contributed by atoms with Gasteiger partial charge in [-0.05, 0) is 36.5 Å². The second kappa shape index (κ2) is 7.37. The van der Waals surface area contributed by atoms with Gasteiger partial charge < -0.3 is 4.74 Å². The molecule has 0 unspecified atom stereocenters. The molecule has 0 aliphatic heterocycles. The van der Waals surface area contributed by atoms with Crippen LogP contribution in [0.2, 0.25) is 0 Å². The topological polar surface area (TPSA) is 32.0 Å². The molecule has 0 aliphatic rings. The molecule has 0 fully saturated rings. The number of aromatic nitrogens is 3. The molecule has 0 aliphatic carbocycles. The number of rotatable bonds is 5. The molecule has 0 atom stereocenters. The number of hydrogen-bond acceptors (Lipinski definition) is 3. The van der Waals surface area contributed by atoms with E-state index in [-0.39, 0.29) is 6.73 Å². The van der Waals surface area contributed by atoms with Crippen molar-refractivity contribution in [3.8, 4) is 22.8 Å². The molecule has 128 valence electrons. The summed E-state index contributed by atoms with van der Waals surface area (Å²) in [6.45, 7) is 0.252. The van der Waals surface area contributed by atoms with Gasteiger partial charge in [-0.25, -0.2) is 4.68 Å². The van der Waals surface area contributed by atoms with Crippen molar-refractivity contribution in [3.63, 3.8) is 0 Å². The Bertz CT molecular complexity index is 1040. The molecule has 0 spiro atoms. The van der Waals surface area contributed by atoms with Crippen LogP contribution in [0, 0.1) is 4.77 Å². The van der Waals surface area contributed by atoms with E-state index in [2.05, 4.69) is 0 Å². The lowest BCUT2D eigenvalue weighted by Gasteiger charge is -2.06. The molecular weight excluding hydrogens is 342 g/mol. The first kappa shape index (κ1) is 16.3. The molecule has 26 heavy (non-hydrogen) atoms. The number of nitrogens with zero attached hydrogens (tertiary/aromatic N) is 3. The summed E-state index contributed by atoms with van der Waals surface area (Å²) in [5, 5.41) is 4.72. The Morgan fingerprint density at radius 2 is 1.35 bits per heavy atom. The van der Waals surface area contributed by atoms with Crippen molar-refractivity contribution in [2.75, 3.05) is 0 Å². The van der Waals surface area contributed by atoms with Gasteiger partial charge in [0.25, 0.3) is 0 Å². The first-order valence-corrected chi connectivity index (χ1v) is 8.72. The van der Waals surface area contributed by atoms with E-state index in [9.17, 15) is 0 Å². The smallest absolute Gasteiger partial charge is 0.205 e. The lowest BCUT2D eigenvalue weighted by atomic mass is 10.2. The van der Waals surface area contributed by atoms with Gasteiger partial charge in [0.1, 0.15) is 5.75 Å². The van der Waals surface area contributed by atoms with Crippen LogP contribution >= 0.6 is 12.2 Å². The van der Waals surface area contributed by atoms with Crippen LogP contribution in [0.3, 0.4) is 0 Å². The standard InChI is InChI=1S/C21H17N3OS/c26-21-23(16-25-19-14-8-3-9-15-19)22-20(17-10-4-1-5-11-17)24(21)18-12-6-2-7-13-18/h1-15H,16H2. The number of para-hydroxylation sites is 2. The molecule has 3 aromatic carbocycles. The summed E-state index contributed by atoms with van der Waals surface area (Å²) in [6.07, 6.45) is 0. The number of ether oxygens (including phenoxy) is 1. The van der Waals surface area contributed by atoms with E-state index in [1.54, 1.807) is 4.68 Å². The predicted molar refractivity (Wildman–Crippen MR) is 105 cm³/mol. The van der Waals surface area contributed by atoms with Crippen molar-refractivity contribution in [2.45, 2.75) is 6.73 Å². The van der Waals surface area contributed by atoms with Crippen LogP contribution in [0.4, 0.5) is 0 Å². The summed E-state index contributed by atoms with van der Waals surface area (Å²) in [6, 6.07) is 29.7. The molecule has 4 nitrogen and oxygen atoms in total. The molecule has 1 aromatic heterocycles. The molecule has 5 heteroatoms. The van der Waals surface area contributed by atoms with E-state index in [1.165, 1.54) is 0 Å². The number of benzene rings is 3. The van der Waals surface area contributed by atoms with Crippen LogP contribution in [0.5, 0.6) is 5.75 Å². The van der Waals surface area contributed by atoms with Gasteiger partial charge >= 0.3 is 0 Å². The van der Waals surface area contributed by atoms with Crippen molar-refractivity contribution in [1.82, 2.24) is 14.3 Å². The van der Waals surface area contributed by atoms with Gasteiger partial charge in [0.15, 0.2) is 12.6 Å². The van der Waals surface area contributed by atoms with E-state index in [4.69, 9.17) is 22.1 Å². The fourth-order valence-corrected chi connectivity index (χ4v) is 3.01. The summed E-state index contributed by atoms with van der Waals surface area (Å²) in [4.78, 5) is 0. The maximum absolute atomic E-state index is 5.83. The van der Waals surface area contributed by atoms with Gasteiger partial charge in [0.05, 0.1) is 0 Å². The summed E-state index contributed by atoms with van der Waals surface area (Å²) < 4.78 is 10.1. The zero-order chi connectivity index (χ0) is 17.8. The molecule has 0 saturated heterocycles. The summed E-state index contributed by atoms with van der Waals surface area (Å²) in [5.41, 5.74) is 1.98. The third kappa shape index (κ3) is 3.30. The predicted octanol–water partition coefficient (Wildman–Crippen LogP) is 5.11. The van der Waals surface area contributed by atoms with Crippen molar-refractivity contribution in [1.29, 1.82) is 0 Å². The van der Waals surface area contributed by atoms with Crippen LogP contribution in [-0.2, 0) is 6.73 Å². The molecule has 0 bridgehead atoms. The number of hydrogen-bond donors (Lipinski definition) is 0. The van der Waals surface area contributed by atoms with E-state index in [0.29, 0.717) is 4.77 Å². The van der Waals surface area contributed by atoms with Crippen LogP contribution in [0.15, 0.2) is 91.0 Å². The highest BCUT2D eigenvalue weighted by molar-refractivity contribution is 7.71. The SMILES string of the molecule is S=c1n(COc2ccccc2)nc(-c2ccccc2)n1-c1ccccc1. The minimum atomic E-state index is 0.252. The van der Waals surface area contributed by atoms with Crippen molar-refractivity contribution < 1.29 is 4.74 Å². The third-order valence-electron chi connectivity index (χ3n) is 3.98. The molecule has 0 saturated carbocycles. The Kier molecular flexibility index (Phi) is 4.62. The molecule has 4 aromatic rings. The molecule has 4 rings (SSSR count). The molecular formula is C21H17N3OS. The van der Waals surface area contributed by atoms with Gasteiger partial charge in [-0.3, -0.25) is 4.57 Å². The average molecular weight is 359 g/mol.